The molecule has 4 heteroatoms. The van der Waals surface area contributed by atoms with E-state index < -0.39 is 0 Å². The second-order valence-electron chi connectivity index (χ2n) is 4.02. The Kier molecular flexibility index (Phi) is 4.75. The number of hydrogen-bond donors (Lipinski definition) is 2. The summed E-state index contributed by atoms with van der Waals surface area (Å²) in [5, 5.41) is 3.15. The maximum absolute atomic E-state index is 10.6. The van der Waals surface area contributed by atoms with E-state index in [2.05, 4.69) is 11.6 Å². The van der Waals surface area contributed by atoms with Crippen LogP contribution in [0.1, 0.15) is 32.1 Å². The highest BCUT2D eigenvalue weighted by Crippen LogP contribution is 2.37. The van der Waals surface area contributed by atoms with Crippen molar-refractivity contribution in [3.63, 3.8) is 0 Å². The van der Waals surface area contributed by atoms with Crippen molar-refractivity contribution < 1.29 is 4.79 Å². The van der Waals surface area contributed by atoms with Crippen LogP contribution in [-0.4, -0.2) is 30.0 Å². The molecular weight excluding hydrogens is 196 g/mol. The highest BCUT2D eigenvalue weighted by atomic mass is 32.2. The monoisotopic (exact) mass is 216 g/mol. The molecule has 0 heterocycles. The van der Waals surface area contributed by atoms with Gasteiger partial charge in [-0.2, -0.15) is 11.8 Å². The Morgan fingerprint density at radius 2 is 2.07 bits per heavy atom. The third-order valence-electron chi connectivity index (χ3n) is 2.94. The zero-order valence-electron chi connectivity index (χ0n) is 8.84. The Labute approximate surface area is 90.2 Å². The van der Waals surface area contributed by atoms with Crippen LogP contribution in [0.25, 0.3) is 0 Å². The molecule has 0 aromatic carbocycles. The van der Waals surface area contributed by atoms with Crippen LogP contribution in [0.15, 0.2) is 0 Å². The third kappa shape index (κ3) is 3.50. The molecule has 0 spiro atoms. The minimum absolute atomic E-state index is 0.267. The van der Waals surface area contributed by atoms with Crippen LogP contribution in [0.4, 0.5) is 0 Å². The number of thioether (sulfide) groups is 1. The van der Waals surface area contributed by atoms with Crippen LogP contribution < -0.4 is 11.1 Å². The predicted octanol–water partition coefficient (Wildman–Crippen LogP) is 1.13. The summed E-state index contributed by atoms with van der Waals surface area (Å²) in [5.41, 5.74) is 5.08. The van der Waals surface area contributed by atoms with Crippen molar-refractivity contribution in [2.75, 3.05) is 19.3 Å². The first-order valence-electron chi connectivity index (χ1n) is 5.23. The maximum Gasteiger partial charge on any atom is 0.231 e. The summed E-state index contributed by atoms with van der Waals surface area (Å²) in [7, 11) is 0. The Morgan fingerprint density at radius 1 is 1.43 bits per heavy atom. The van der Waals surface area contributed by atoms with Crippen molar-refractivity contribution in [2.24, 2.45) is 5.73 Å². The van der Waals surface area contributed by atoms with Gasteiger partial charge < -0.3 is 11.1 Å². The fraction of sp³-hybridized carbons (Fsp3) is 0.900. The quantitative estimate of drug-likeness (QED) is 0.724. The van der Waals surface area contributed by atoms with Gasteiger partial charge in [0.05, 0.1) is 6.54 Å². The Hall–Kier alpha value is -0.220. The summed E-state index contributed by atoms with van der Waals surface area (Å²) < 4.78 is 0.355. The summed E-state index contributed by atoms with van der Waals surface area (Å²) in [6, 6.07) is 0. The Morgan fingerprint density at radius 3 is 2.57 bits per heavy atom. The molecule has 1 aliphatic carbocycles. The topological polar surface area (TPSA) is 55.1 Å². The molecule has 0 aromatic rings. The molecule has 0 bridgehead atoms. The molecular formula is C10H20N2OS. The van der Waals surface area contributed by atoms with E-state index >= 15 is 0 Å². The molecule has 0 saturated heterocycles. The smallest absolute Gasteiger partial charge is 0.231 e. The molecule has 0 aromatic heterocycles. The van der Waals surface area contributed by atoms with Gasteiger partial charge in [-0.25, -0.2) is 0 Å². The zero-order chi connectivity index (χ0) is 10.4. The number of amides is 1. The molecule has 1 saturated carbocycles. The zero-order valence-corrected chi connectivity index (χ0v) is 9.66. The summed E-state index contributed by atoms with van der Waals surface area (Å²) in [5.74, 6) is -0.267. The second kappa shape index (κ2) is 5.61. The van der Waals surface area contributed by atoms with E-state index in [0.29, 0.717) is 11.3 Å². The highest BCUT2D eigenvalue weighted by molar-refractivity contribution is 8.00. The first-order chi connectivity index (χ1) is 6.68. The second-order valence-corrected chi connectivity index (χ2v) is 5.29. The lowest BCUT2D eigenvalue weighted by Crippen LogP contribution is -2.42. The predicted molar refractivity (Wildman–Crippen MR) is 61.4 cm³/mol. The molecule has 3 N–H and O–H groups in total. The normalized spacial score (nSPS) is 20.6. The van der Waals surface area contributed by atoms with E-state index in [1.54, 1.807) is 0 Å². The van der Waals surface area contributed by atoms with E-state index in [-0.39, 0.29) is 5.91 Å². The fourth-order valence-electron chi connectivity index (χ4n) is 2.06. The van der Waals surface area contributed by atoms with Crippen LogP contribution >= 0.6 is 11.8 Å². The van der Waals surface area contributed by atoms with Gasteiger partial charge in [-0.15, -0.1) is 0 Å². The molecule has 0 radical (unpaired) electrons. The van der Waals surface area contributed by atoms with Gasteiger partial charge in [-0.05, 0) is 19.1 Å². The maximum atomic E-state index is 10.6. The van der Waals surface area contributed by atoms with Crippen LogP contribution in [0.3, 0.4) is 0 Å². The summed E-state index contributed by atoms with van der Waals surface area (Å²) in [4.78, 5) is 10.6. The van der Waals surface area contributed by atoms with Crippen molar-refractivity contribution in [1.29, 1.82) is 0 Å². The van der Waals surface area contributed by atoms with Gasteiger partial charge in [0, 0.05) is 11.3 Å². The van der Waals surface area contributed by atoms with E-state index in [0.717, 1.165) is 6.54 Å². The Balaban J connectivity index is 2.32. The van der Waals surface area contributed by atoms with Crippen molar-refractivity contribution in [3.05, 3.63) is 0 Å². The molecule has 82 valence electrons. The lowest BCUT2D eigenvalue weighted by Gasteiger charge is -2.35. The molecule has 1 aliphatic rings. The lowest BCUT2D eigenvalue weighted by molar-refractivity contribution is -0.117. The molecule has 1 fully saturated rings. The van der Waals surface area contributed by atoms with Gasteiger partial charge in [0.25, 0.3) is 0 Å². The molecule has 0 atom stereocenters. The molecule has 1 amide bonds. The number of carbonyl (C=O) groups excluding carboxylic acids is 1. The lowest BCUT2D eigenvalue weighted by atomic mass is 9.88. The fourth-order valence-corrected chi connectivity index (χ4v) is 3.01. The van der Waals surface area contributed by atoms with Crippen molar-refractivity contribution >= 4 is 17.7 Å². The number of hydrogen-bond acceptors (Lipinski definition) is 3. The van der Waals surface area contributed by atoms with E-state index in [1.165, 1.54) is 32.1 Å². The van der Waals surface area contributed by atoms with Crippen LogP contribution in [0.5, 0.6) is 0 Å². The number of nitrogens with two attached hydrogens (primary N) is 1. The van der Waals surface area contributed by atoms with Crippen LogP contribution in [0.2, 0.25) is 0 Å². The average Bonchev–Trinajstić information content (AvgIpc) is 2.19. The average molecular weight is 216 g/mol. The Bertz CT molecular complexity index is 191. The number of carbonyl (C=O) groups is 1. The largest absolute Gasteiger partial charge is 0.369 e. The van der Waals surface area contributed by atoms with Crippen molar-refractivity contribution in [1.82, 2.24) is 5.32 Å². The van der Waals surface area contributed by atoms with E-state index in [1.807, 2.05) is 11.8 Å². The van der Waals surface area contributed by atoms with Crippen molar-refractivity contribution in [3.8, 4) is 0 Å². The standard InChI is InChI=1S/C10H20N2OS/c1-14-10(5-3-2-4-6-10)8-12-7-9(11)13/h12H,2-8H2,1H3,(H2,11,13). The minimum Gasteiger partial charge on any atom is -0.369 e. The van der Waals surface area contributed by atoms with Gasteiger partial charge in [0.2, 0.25) is 5.91 Å². The number of rotatable bonds is 5. The highest BCUT2D eigenvalue weighted by Gasteiger charge is 2.30. The van der Waals surface area contributed by atoms with Crippen LogP contribution in [0, 0.1) is 0 Å². The molecule has 0 aliphatic heterocycles. The van der Waals surface area contributed by atoms with Gasteiger partial charge in [0.15, 0.2) is 0 Å². The number of primary amides is 1. The van der Waals surface area contributed by atoms with Crippen molar-refractivity contribution in [2.45, 2.75) is 36.9 Å². The van der Waals surface area contributed by atoms with Gasteiger partial charge >= 0.3 is 0 Å². The molecule has 1 rings (SSSR count). The van der Waals surface area contributed by atoms with Gasteiger partial charge in [-0.1, -0.05) is 19.3 Å². The minimum atomic E-state index is -0.267. The summed E-state index contributed by atoms with van der Waals surface area (Å²) in [6.45, 7) is 1.22. The molecule has 3 nitrogen and oxygen atoms in total. The van der Waals surface area contributed by atoms with E-state index in [9.17, 15) is 4.79 Å². The number of nitrogens with one attached hydrogen (secondary N) is 1. The van der Waals surface area contributed by atoms with Crippen LogP contribution in [-0.2, 0) is 4.79 Å². The van der Waals surface area contributed by atoms with E-state index in [4.69, 9.17) is 5.73 Å². The molecule has 0 unspecified atom stereocenters. The van der Waals surface area contributed by atoms with Gasteiger partial charge in [0.1, 0.15) is 0 Å². The molecule has 14 heavy (non-hydrogen) atoms. The first kappa shape index (κ1) is 11.9. The first-order valence-corrected chi connectivity index (χ1v) is 6.45. The third-order valence-corrected chi connectivity index (χ3v) is 4.36. The van der Waals surface area contributed by atoms with Gasteiger partial charge in [-0.3, -0.25) is 4.79 Å². The summed E-state index contributed by atoms with van der Waals surface area (Å²) >= 11 is 1.93. The SMILES string of the molecule is CSC1(CNCC(N)=O)CCCCC1. The summed E-state index contributed by atoms with van der Waals surface area (Å²) in [6.07, 6.45) is 8.69.